The summed E-state index contributed by atoms with van der Waals surface area (Å²) in [4.78, 5) is 12.3. The zero-order chi connectivity index (χ0) is 13.8. The molecule has 1 fully saturated rings. The predicted molar refractivity (Wildman–Crippen MR) is 70.4 cm³/mol. The molecule has 6 nitrogen and oxygen atoms in total. The Kier molecular flexibility index (Phi) is 4.34. The van der Waals surface area contributed by atoms with Crippen LogP contribution in [0.4, 0.5) is 5.69 Å². The van der Waals surface area contributed by atoms with Gasteiger partial charge in [0.05, 0.1) is 11.0 Å². The van der Waals surface area contributed by atoms with Gasteiger partial charge in [0.2, 0.25) is 0 Å². The van der Waals surface area contributed by atoms with Gasteiger partial charge < -0.3 is 9.47 Å². The first-order chi connectivity index (χ1) is 9.10. The molecule has 1 aromatic carbocycles. The van der Waals surface area contributed by atoms with Gasteiger partial charge in [-0.2, -0.15) is 0 Å². The molecule has 1 aliphatic heterocycles. The monoisotopic (exact) mass is 266 g/mol. The van der Waals surface area contributed by atoms with Crippen molar-refractivity contribution in [3.63, 3.8) is 0 Å². The van der Waals surface area contributed by atoms with E-state index in [1.54, 1.807) is 19.2 Å². The molecule has 2 unspecified atom stereocenters. The second-order valence-corrected chi connectivity index (χ2v) is 4.75. The third-order valence-corrected chi connectivity index (χ3v) is 3.47. The molecule has 2 rings (SSSR count). The second kappa shape index (κ2) is 5.99. The van der Waals surface area contributed by atoms with Crippen molar-refractivity contribution in [3.05, 3.63) is 34.4 Å². The fourth-order valence-electron chi connectivity index (χ4n) is 2.25. The summed E-state index contributed by atoms with van der Waals surface area (Å²) in [6, 6.07) is 6.47. The lowest BCUT2D eigenvalue weighted by atomic mass is 10.2. The molecule has 6 heteroatoms. The van der Waals surface area contributed by atoms with Crippen LogP contribution in [0.25, 0.3) is 0 Å². The lowest BCUT2D eigenvalue weighted by Gasteiger charge is -2.19. The van der Waals surface area contributed by atoms with Crippen LogP contribution in [0.5, 0.6) is 5.75 Å². The predicted octanol–water partition coefficient (Wildman–Crippen LogP) is 1.69. The summed E-state index contributed by atoms with van der Waals surface area (Å²) in [5, 5.41) is 10.5. The van der Waals surface area contributed by atoms with E-state index < -0.39 is 4.92 Å². The first kappa shape index (κ1) is 13.8. The lowest BCUT2D eigenvalue weighted by molar-refractivity contribution is -0.384. The van der Waals surface area contributed by atoms with Gasteiger partial charge in [0.15, 0.2) is 0 Å². The molecule has 1 saturated heterocycles. The Labute approximate surface area is 112 Å². The molecule has 19 heavy (non-hydrogen) atoms. The van der Waals surface area contributed by atoms with Crippen LogP contribution in [0.2, 0.25) is 0 Å². The molecule has 0 radical (unpaired) electrons. The molecule has 0 spiro atoms. The van der Waals surface area contributed by atoms with Crippen molar-refractivity contribution in [2.75, 3.05) is 27.3 Å². The summed E-state index contributed by atoms with van der Waals surface area (Å²) in [5.41, 5.74) is 0.0739. The van der Waals surface area contributed by atoms with Gasteiger partial charge in [-0.1, -0.05) is 0 Å². The molecule has 1 heterocycles. The first-order valence-corrected chi connectivity index (χ1v) is 6.20. The number of likely N-dealkylation sites (tertiary alicyclic amines) is 1. The van der Waals surface area contributed by atoms with E-state index in [4.69, 9.17) is 9.47 Å². The van der Waals surface area contributed by atoms with Crippen LogP contribution >= 0.6 is 0 Å². The van der Waals surface area contributed by atoms with E-state index in [9.17, 15) is 10.1 Å². The normalized spacial score (nSPS) is 23.5. The zero-order valence-corrected chi connectivity index (χ0v) is 11.1. The zero-order valence-electron chi connectivity index (χ0n) is 11.1. The van der Waals surface area contributed by atoms with Crippen LogP contribution in [-0.2, 0) is 4.74 Å². The quantitative estimate of drug-likeness (QED) is 0.599. The molecule has 0 aromatic heterocycles. The summed E-state index contributed by atoms with van der Waals surface area (Å²) in [7, 11) is 3.76. The number of hydrogen-bond donors (Lipinski definition) is 0. The molecule has 104 valence electrons. The minimum absolute atomic E-state index is 0.0739. The van der Waals surface area contributed by atoms with E-state index >= 15 is 0 Å². The van der Waals surface area contributed by atoms with Gasteiger partial charge in [-0.15, -0.1) is 0 Å². The summed E-state index contributed by atoms with van der Waals surface area (Å²) < 4.78 is 11.0. The highest BCUT2D eigenvalue weighted by molar-refractivity contribution is 5.35. The van der Waals surface area contributed by atoms with E-state index in [0.29, 0.717) is 18.4 Å². The molecule has 0 bridgehead atoms. The number of hydrogen-bond acceptors (Lipinski definition) is 5. The Morgan fingerprint density at radius 2 is 2.11 bits per heavy atom. The van der Waals surface area contributed by atoms with Gasteiger partial charge in [-0.05, 0) is 25.6 Å². The van der Waals surface area contributed by atoms with Crippen LogP contribution in [0.15, 0.2) is 24.3 Å². The average Bonchev–Trinajstić information content (AvgIpc) is 2.77. The average molecular weight is 266 g/mol. The molecular formula is C13H18N2O4. The number of benzene rings is 1. The smallest absolute Gasteiger partial charge is 0.269 e. The Morgan fingerprint density at radius 3 is 2.63 bits per heavy atom. The van der Waals surface area contributed by atoms with Crippen molar-refractivity contribution >= 4 is 5.69 Å². The van der Waals surface area contributed by atoms with Gasteiger partial charge in [0, 0.05) is 31.8 Å². The first-order valence-electron chi connectivity index (χ1n) is 6.20. The Morgan fingerprint density at radius 1 is 1.42 bits per heavy atom. The molecule has 1 aliphatic rings. The number of nitrogens with zero attached hydrogens (tertiary/aromatic N) is 2. The van der Waals surface area contributed by atoms with E-state index in [1.165, 1.54) is 12.1 Å². The Bertz CT molecular complexity index is 435. The van der Waals surface area contributed by atoms with Gasteiger partial charge >= 0.3 is 0 Å². The van der Waals surface area contributed by atoms with Crippen LogP contribution in [-0.4, -0.2) is 49.3 Å². The standard InChI is InChI=1S/C13H18N2O4/c1-14-8-13(18-2)7-11(14)9-19-12-5-3-10(4-6-12)15(16)17/h3-6,11,13H,7-9H2,1-2H3. The Hall–Kier alpha value is -1.66. The van der Waals surface area contributed by atoms with Crippen LogP contribution in [0.1, 0.15) is 6.42 Å². The summed E-state index contributed by atoms with van der Waals surface area (Å²) in [6.45, 7) is 1.47. The van der Waals surface area contributed by atoms with E-state index in [0.717, 1.165) is 13.0 Å². The lowest BCUT2D eigenvalue weighted by Crippen LogP contribution is -2.30. The minimum Gasteiger partial charge on any atom is -0.492 e. The van der Waals surface area contributed by atoms with E-state index in [-0.39, 0.29) is 11.8 Å². The highest BCUT2D eigenvalue weighted by Gasteiger charge is 2.29. The number of likely N-dealkylation sites (N-methyl/N-ethyl adjacent to an activating group) is 1. The van der Waals surface area contributed by atoms with Crippen molar-refractivity contribution in [1.29, 1.82) is 0 Å². The van der Waals surface area contributed by atoms with Crippen molar-refractivity contribution < 1.29 is 14.4 Å². The topological polar surface area (TPSA) is 64.8 Å². The maximum Gasteiger partial charge on any atom is 0.269 e. The second-order valence-electron chi connectivity index (χ2n) is 4.75. The van der Waals surface area contributed by atoms with Gasteiger partial charge in [0.25, 0.3) is 5.69 Å². The third-order valence-electron chi connectivity index (χ3n) is 3.47. The van der Waals surface area contributed by atoms with Crippen molar-refractivity contribution in [2.24, 2.45) is 0 Å². The minimum atomic E-state index is -0.419. The molecule has 0 saturated carbocycles. The number of rotatable bonds is 5. The highest BCUT2D eigenvalue weighted by atomic mass is 16.6. The van der Waals surface area contributed by atoms with E-state index in [2.05, 4.69) is 4.90 Å². The number of methoxy groups -OCH3 is 1. The molecule has 2 atom stereocenters. The fraction of sp³-hybridized carbons (Fsp3) is 0.538. The van der Waals surface area contributed by atoms with Crippen molar-refractivity contribution in [2.45, 2.75) is 18.6 Å². The highest BCUT2D eigenvalue weighted by Crippen LogP contribution is 2.21. The largest absolute Gasteiger partial charge is 0.492 e. The fourth-order valence-corrected chi connectivity index (χ4v) is 2.25. The molecule has 0 aliphatic carbocycles. The third kappa shape index (κ3) is 3.42. The maximum absolute atomic E-state index is 10.5. The SMILES string of the molecule is COC1CC(COc2ccc([N+](=O)[O-])cc2)N(C)C1. The van der Waals surface area contributed by atoms with Gasteiger partial charge in [-0.25, -0.2) is 0 Å². The van der Waals surface area contributed by atoms with E-state index in [1.807, 2.05) is 7.05 Å². The number of nitro benzene ring substituents is 1. The van der Waals surface area contributed by atoms with Crippen molar-refractivity contribution in [3.8, 4) is 5.75 Å². The van der Waals surface area contributed by atoms with Crippen LogP contribution in [0, 0.1) is 10.1 Å². The number of nitro groups is 1. The molecule has 1 aromatic rings. The molecule has 0 amide bonds. The van der Waals surface area contributed by atoms with Gasteiger partial charge in [-0.3, -0.25) is 15.0 Å². The summed E-state index contributed by atoms with van der Waals surface area (Å²) >= 11 is 0. The van der Waals surface area contributed by atoms with Crippen LogP contribution < -0.4 is 4.74 Å². The van der Waals surface area contributed by atoms with Crippen LogP contribution in [0.3, 0.4) is 0 Å². The van der Waals surface area contributed by atoms with Gasteiger partial charge in [0.1, 0.15) is 12.4 Å². The maximum atomic E-state index is 10.5. The summed E-state index contributed by atoms with van der Waals surface area (Å²) in [6.07, 6.45) is 1.20. The number of ether oxygens (including phenoxy) is 2. The van der Waals surface area contributed by atoms with Crippen molar-refractivity contribution in [1.82, 2.24) is 4.90 Å². The molecular weight excluding hydrogens is 248 g/mol. The molecule has 0 N–H and O–H groups in total. The summed E-state index contributed by atoms with van der Waals surface area (Å²) in [5.74, 6) is 0.653. The number of non-ortho nitro benzene ring substituents is 1. The Balaban J connectivity index is 1.87.